The SMILES string of the molecule is CS(=O)(=O)CCC(N)C(F)(F)F.Cl. The fraction of sp³-hybridized carbons (Fsp3) is 1.00. The van der Waals surface area contributed by atoms with Crippen LogP contribution in [0.4, 0.5) is 13.2 Å². The Balaban J connectivity index is 0. The van der Waals surface area contributed by atoms with Crippen molar-refractivity contribution < 1.29 is 21.6 Å². The Morgan fingerprint density at radius 3 is 2.00 bits per heavy atom. The van der Waals surface area contributed by atoms with Crippen LogP contribution in [0.1, 0.15) is 6.42 Å². The maximum atomic E-state index is 11.7. The first-order valence-corrected chi connectivity index (χ1v) is 5.19. The number of alkyl halides is 3. The number of halogens is 4. The Hall–Kier alpha value is -0.0100. The van der Waals surface area contributed by atoms with Gasteiger partial charge in [-0.1, -0.05) is 0 Å². The molecule has 0 aromatic carbocycles. The van der Waals surface area contributed by atoms with Gasteiger partial charge in [-0.3, -0.25) is 0 Å². The zero-order chi connectivity index (χ0) is 9.99. The second-order valence-corrected chi connectivity index (χ2v) is 4.83. The lowest BCUT2D eigenvalue weighted by Crippen LogP contribution is -2.38. The molecule has 0 fully saturated rings. The lowest BCUT2D eigenvalue weighted by atomic mass is 10.2. The van der Waals surface area contributed by atoms with Gasteiger partial charge in [0.05, 0.1) is 5.75 Å². The summed E-state index contributed by atoms with van der Waals surface area (Å²) in [7, 11) is -3.36. The molecule has 0 aromatic rings. The van der Waals surface area contributed by atoms with Crippen molar-refractivity contribution in [3.05, 3.63) is 0 Å². The van der Waals surface area contributed by atoms with Crippen molar-refractivity contribution >= 4 is 22.2 Å². The molecular weight excluding hydrogens is 231 g/mol. The first kappa shape index (κ1) is 15.5. The smallest absolute Gasteiger partial charge is 0.320 e. The van der Waals surface area contributed by atoms with Crippen LogP contribution in [-0.2, 0) is 9.84 Å². The molecule has 0 aromatic heterocycles. The molecule has 82 valence electrons. The molecule has 0 amide bonds. The van der Waals surface area contributed by atoms with Crippen LogP contribution >= 0.6 is 12.4 Å². The van der Waals surface area contributed by atoms with E-state index in [1.54, 1.807) is 0 Å². The van der Waals surface area contributed by atoms with E-state index in [0.717, 1.165) is 6.26 Å². The van der Waals surface area contributed by atoms with Gasteiger partial charge < -0.3 is 5.73 Å². The summed E-state index contributed by atoms with van der Waals surface area (Å²) in [6, 6.07) is -2.05. The highest BCUT2D eigenvalue weighted by molar-refractivity contribution is 7.90. The van der Waals surface area contributed by atoms with Crippen LogP contribution in [0.15, 0.2) is 0 Å². The normalized spacial score (nSPS) is 14.8. The summed E-state index contributed by atoms with van der Waals surface area (Å²) in [4.78, 5) is 0. The van der Waals surface area contributed by atoms with Gasteiger partial charge in [-0.05, 0) is 6.42 Å². The summed E-state index contributed by atoms with van der Waals surface area (Å²) in [6.45, 7) is 0. The van der Waals surface area contributed by atoms with Gasteiger partial charge in [-0.2, -0.15) is 13.2 Å². The van der Waals surface area contributed by atoms with Crippen LogP contribution in [-0.4, -0.2) is 32.6 Å². The minimum atomic E-state index is -4.51. The quantitative estimate of drug-likeness (QED) is 0.793. The molecule has 0 saturated carbocycles. The lowest BCUT2D eigenvalue weighted by Gasteiger charge is -2.14. The third kappa shape index (κ3) is 8.32. The van der Waals surface area contributed by atoms with E-state index in [1.807, 2.05) is 0 Å². The van der Waals surface area contributed by atoms with Gasteiger partial charge in [-0.15, -0.1) is 12.4 Å². The van der Waals surface area contributed by atoms with Crippen molar-refractivity contribution in [3.8, 4) is 0 Å². The van der Waals surface area contributed by atoms with E-state index >= 15 is 0 Å². The second kappa shape index (κ2) is 5.02. The van der Waals surface area contributed by atoms with Crippen LogP contribution in [0.25, 0.3) is 0 Å². The van der Waals surface area contributed by atoms with Crippen molar-refractivity contribution in [3.63, 3.8) is 0 Å². The largest absolute Gasteiger partial charge is 0.403 e. The van der Waals surface area contributed by atoms with Crippen LogP contribution in [0.5, 0.6) is 0 Å². The molecule has 0 saturated heterocycles. The predicted molar refractivity (Wildman–Crippen MR) is 45.6 cm³/mol. The Kier molecular flexibility index (Phi) is 5.97. The molecule has 0 heterocycles. The third-order valence-electron chi connectivity index (χ3n) is 1.22. The summed E-state index contributed by atoms with van der Waals surface area (Å²) < 4.78 is 56.0. The van der Waals surface area contributed by atoms with Gasteiger partial charge in [0.2, 0.25) is 0 Å². The molecule has 0 aliphatic rings. The Bertz CT molecular complexity index is 239. The molecule has 1 unspecified atom stereocenters. The van der Waals surface area contributed by atoms with E-state index in [4.69, 9.17) is 0 Å². The summed E-state index contributed by atoms with van der Waals surface area (Å²) in [5, 5.41) is 0. The number of nitrogens with two attached hydrogens (primary N) is 1. The first-order valence-electron chi connectivity index (χ1n) is 3.13. The molecule has 0 bridgehead atoms. The van der Waals surface area contributed by atoms with E-state index in [9.17, 15) is 21.6 Å². The van der Waals surface area contributed by atoms with E-state index in [0.29, 0.717) is 0 Å². The zero-order valence-corrected chi connectivity index (χ0v) is 8.47. The molecule has 2 N–H and O–H groups in total. The molecule has 0 aliphatic heterocycles. The first-order chi connectivity index (χ1) is 5.13. The number of sulfone groups is 1. The molecule has 0 spiro atoms. The van der Waals surface area contributed by atoms with E-state index < -0.39 is 34.2 Å². The van der Waals surface area contributed by atoms with E-state index in [2.05, 4.69) is 5.73 Å². The lowest BCUT2D eigenvalue weighted by molar-refractivity contribution is -0.147. The Morgan fingerprint density at radius 2 is 1.77 bits per heavy atom. The summed E-state index contributed by atoms with van der Waals surface area (Å²) in [5.41, 5.74) is 4.67. The van der Waals surface area contributed by atoms with Gasteiger partial charge >= 0.3 is 6.18 Å². The maximum Gasteiger partial charge on any atom is 0.403 e. The van der Waals surface area contributed by atoms with Crippen molar-refractivity contribution in [2.24, 2.45) is 5.73 Å². The molecule has 13 heavy (non-hydrogen) atoms. The molecule has 8 heteroatoms. The molecule has 3 nitrogen and oxygen atoms in total. The minimum absolute atomic E-state index is 0. The Morgan fingerprint density at radius 1 is 1.38 bits per heavy atom. The number of hydrogen-bond donors (Lipinski definition) is 1. The van der Waals surface area contributed by atoms with Gasteiger partial charge in [0.15, 0.2) is 0 Å². The molecular formula is C5H11ClF3NO2S. The fourth-order valence-electron chi connectivity index (χ4n) is 0.505. The summed E-state index contributed by atoms with van der Waals surface area (Å²) >= 11 is 0. The van der Waals surface area contributed by atoms with Crippen molar-refractivity contribution in [2.75, 3.05) is 12.0 Å². The monoisotopic (exact) mass is 241 g/mol. The van der Waals surface area contributed by atoms with E-state index in [1.165, 1.54) is 0 Å². The fourth-order valence-corrected chi connectivity index (χ4v) is 1.19. The second-order valence-electron chi connectivity index (χ2n) is 2.57. The third-order valence-corrected chi connectivity index (χ3v) is 2.20. The van der Waals surface area contributed by atoms with Crippen molar-refractivity contribution in [1.29, 1.82) is 0 Å². The Labute approximate surface area is 80.8 Å². The van der Waals surface area contributed by atoms with E-state index in [-0.39, 0.29) is 12.4 Å². The molecule has 0 rings (SSSR count). The molecule has 1 atom stereocenters. The highest BCUT2D eigenvalue weighted by Crippen LogP contribution is 2.20. The predicted octanol–water partition coefficient (Wildman–Crippen LogP) is 0.733. The standard InChI is InChI=1S/C5H10F3NO2S.ClH/c1-12(10,11)3-2-4(9)5(6,7)8;/h4H,2-3,9H2,1H3;1H. The highest BCUT2D eigenvalue weighted by atomic mass is 35.5. The maximum absolute atomic E-state index is 11.7. The van der Waals surface area contributed by atoms with Crippen LogP contribution in [0.2, 0.25) is 0 Å². The van der Waals surface area contributed by atoms with Gasteiger partial charge in [0.25, 0.3) is 0 Å². The average molecular weight is 242 g/mol. The molecule has 0 radical (unpaired) electrons. The average Bonchev–Trinajstić information content (AvgIpc) is 1.78. The van der Waals surface area contributed by atoms with Gasteiger partial charge in [0, 0.05) is 6.26 Å². The zero-order valence-electron chi connectivity index (χ0n) is 6.84. The highest BCUT2D eigenvalue weighted by Gasteiger charge is 2.36. The summed E-state index contributed by atoms with van der Waals surface area (Å²) in [5.74, 6) is -0.534. The molecule has 0 aliphatic carbocycles. The van der Waals surface area contributed by atoms with Gasteiger partial charge in [-0.25, -0.2) is 8.42 Å². The van der Waals surface area contributed by atoms with Crippen LogP contribution in [0, 0.1) is 0 Å². The number of hydrogen-bond acceptors (Lipinski definition) is 3. The van der Waals surface area contributed by atoms with Crippen molar-refractivity contribution in [2.45, 2.75) is 18.6 Å². The van der Waals surface area contributed by atoms with Crippen LogP contribution < -0.4 is 5.73 Å². The van der Waals surface area contributed by atoms with Crippen molar-refractivity contribution in [1.82, 2.24) is 0 Å². The number of rotatable bonds is 3. The summed E-state index contributed by atoms with van der Waals surface area (Å²) in [6.07, 6.45) is -4.22. The van der Waals surface area contributed by atoms with Gasteiger partial charge in [0.1, 0.15) is 15.9 Å². The van der Waals surface area contributed by atoms with Crippen LogP contribution in [0.3, 0.4) is 0 Å². The topological polar surface area (TPSA) is 60.2 Å². The minimum Gasteiger partial charge on any atom is -0.320 e.